The molecule has 0 bridgehead atoms. The van der Waals surface area contributed by atoms with Crippen LogP contribution < -0.4 is 15.4 Å². The molecule has 1 aromatic rings. The molecule has 2 rings (SSSR count). The van der Waals surface area contributed by atoms with Crippen molar-refractivity contribution in [1.82, 2.24) is 10.6 Å². The van der Waals surface area contributed by atoms with Gasteiger partial charge in [0.15, 0.2) is 0 Å². The number of hydrogen-bond acceptors (Lipinski definition) is 2. The second-order valence-corrected chi connectivity index (χ2v) is 5.26. The zero-order valence-electron chi connectivity index (χ0n) is 11.8. The summed E-state index contributed by atoms with van der Waals surface area (Å²) in [6.45, 7) is 4.78. The van der Waals surface area contributed by atoms with Gasteiger partial charge >= 0.3 is 6.03 Å². The van der Waals surface area contributed by atoms with Gasteiger partial charge in [0, 0.05) is 12.1 Å². The van der Waals surface area contributed by atoms with Crippen LogP contribution in [-0.2, 0) is 0 Å². The Bertz CT molecular complexity index is 455. The first-order valence-corrected chi connectivity index (χ1v) is 6.79. The monoisotopic (exact) mass is 262 g/mol. The molecule has 4 nitrogen and oxygen atoms in total. The molecule has 104 valence electrons. The van der Waals surface area contributed by atoms with E-state index in [1.165, 1.54) is 12.8 Å². The number of methoxy groups -OCH3 is 1. The predicted octanol–water partition coefficient (Wildman–Crippen LogP) is 2.77. The van der Waals surface area contributed by atoms with Gasteiger partial charge in [-0.05, 0) is 38.7 Å². The Kier molecular flexibility index (Phi) is 4.30. The minimum atomic E-state index is -0.108. The topological polar surface area (TPSA) is 50.4 Å². The van der Waals surface area contributed by atoms with Gasteiger partial charge in [0.05, 0.1) is 13.2 Å². The van der Waals surface area contributed by atoms with Crippen LogP contribution in [0.15, 0.2) is 18.2 Å². The molecule has 4 heteroatoms. The van der Waals surface area contributed by atoms with Gasteiger partial charge in [-0.15, -0.1) is 0 Å². The number of urea groups is 1. The third-order valence-electron chi connectivity index (χ3n) is 3.45. The molecule has 0 radical (unpaired) electrons. The Labute approximate surface area is 114 Å². The number of amides is 2. The van der Waals surface area contributed by atoms with Gasteiger partial charge in [0.2, 0.25) is 0 Å². The van der Waals surface area contributed by atoms with Crippen molar-refractivity contribution in [3.63, 3.8) is 0 Å². The minimum Gasteiger partial charge on any atom is -0.496 e. The molecule has 1 aromatic carbocycles. The summed E-state index contributed by atoms with van der Waals surface area (Å²) in [4.78, 5) is 11.8. The molecule has 1 fully saturated rings. The summed E-state index contributed by atoms with van der Waals surface area (Å²) >= 11 is 0. The van der Waals surface area contributed by atoms with Gasteiger partial charge < -0.3 is 15.4 Å². The molecule has 0 aliphatic heterocycles. The van der Waals surface area contributed by atoms with E-state index in [9.17, 15) is 4.79 Å². The first-order valence-electron chi connectivity index (χ1n) is 6.79. The number of benzene rings is 1. The first kappa shape index (κ1) is 13.7. The summed E-state index contributed by atoms with van der Waals surface area (Å²) in [7, 11) is 1.65. The van der Waals surface area contributed by atoms with Gasteiger partial charge in [0.25, 0.3) is 0 Å². The molecule has 19 heavy (non-hydrogen) atoms. The molecule has 1 aliphatic rings. The summed E-state index contributed by atoms with van der Waals surface area (Å²) in [5.41, 5.74) is 2.16. The fraction of sp³-hybridized carbons (Fsp3) is 0.533. The van der Waals surface area contributed by atoms with E-state index in [-0.39, 0.29) is 12.1 Å². The van der Waals surface area contributed by atoms with Crippen LogP contribution in [0.3, 0.4) is 0 Å². The van der Waals surface area contributed by atoms with E-state index in [1.54, 1.807) is 7.11 Å². The Morgan fingerprint density at radius 1 is 1.47 bits per heavy atom. The van der Waals surface area contributed by atoms with Crippen LogP contribution >= 0.6 is 0 Å². The van der Waals surface area contributed by atoms with Crippen LogP contribution in [0.2, 0.25) is 0 Å². The molecular formula is C15H22N2O2. The average molecular weight is 262 g/mol. The number of rotatable bonds is 5. The Morgan fingerprint density at radius 2 is 2.21 bits per heavy atom. The van der Waals surface area contributed by atoms with Crippen LogP contribution in [0.4, 0.5) is 4.79 Å². The molecule has 1 atom stereocenters. The van der Waals surface area contributed by atoms with Gasteiger partial charge in [-0.25, -0.2) is 4.79 Å². The maximum atomic E-state index is 11.8. The highest BCUT2D eigenvalue weighted by atomic mass is 16.5. The van der Waals surface area contributed by atoms with Crippen molar-refractivity contribution in [2.45, 2.75) is 32.7 Å². The SMILES string of the molecule is COc1ccc(C)cc1C(C)NC(=O)NCC1CC1. The van der Waals surface area contributed by atoms with Crippen molar-refractivity contribution in [3.05, 3.63) is 29.3 Å². The van der Waals surface area contributed by atoms with E-state index < -0.39 is 0 Å². The zero-order chi connectivity index (χ0) is 13.8. The lowest BCUT2D eigenvalue weighted by Gasteiger charge is -2.18. The van der Waals surface area contributed by atoms with Crippen molar-refractivity contribution in [2.24, 2.45) is 5.92 Å². The number of ether oxygens (including phenoxy) is 1. The minimum absolute atomic E-state index is 0.0750. The largest absolute Gasteiger partial charge is 0.496 e. The summed E-state index contributed by atoms with van der Waals surface area (Å²) < 4.78 is 5.34. The number of carbonyl (C=O) groups is 1. The summed E-state index contributed by atoms with van der Waals surface area (Å²) in [5, 5.41) is 5.86. The normalized spacial score (nSPS) is 15.7. The highest BCUT2D eigenvalue weighted by Crippen LogP contribution is 2.28. The van der Waals surface area contributed by atoms with Crippen LogP contribution in [0, 0.1) is 12.8 Å². The highest BCUT2D eigenvalue weighted by Gasteiger charge is 2.22. The average Bonchev–Trinajstić information content (AvgIpc) is 3.20. The van der Waals surface area contributed by atoms with Crippen LogP contribution in [0.5, 0.6) is 5.75 Å². The zero-order valence-corrected chi connectivity index (χ0v) is 11.8. The fourth-order valence-electron chi connectivity index (χ4n) is 2.08. The van der Waals surface area contributed by atoms with Crippen LogP contribution in [0.1, 0.15) is 36.9 Å². The standard InChI is InChI=1S/C15H22N2O2/c1-10-4-7-14(19-3)13(8-10)11(2)17-15(18)16-9-12-5-6-12/h4,7-8,11-12H,5-6,9H2,1-3H3,(H2,16,17,18). The first-order chi connectivity index (χ1) is 9.10. The quantitative estimate of drug-likeness (QED) is 0.857. The number of aryl methyl sites for hydroxylation is 1. The predicted molar refractivity (Wildman–Crippen MR) is 75.4 cm³/mol. The van der Waals surface area contributed by atoms with Crippen molar-refractivity contribution in [3.8, 4) is 5.75 Å². The van der Waals surface area contributed by atoms with Crippen LogP contribution in [0.25, 0.3) is 0 Å². The van der Waals surface area contributed by atoms with E-state index in [4.69, 9.17) is 4.74 Å². The molecule has 0 saturated heterocycles. The van der Waals surface area contributed by atoms with E-state index >= 15 is 0 Å². The second-order valence-electron chi connectivity index (χ2n) is 5.26. The number of nitrogens with one attached hydrogen (secondary N) is 2. The Morgan fingerprint density at radius 3 is 2.84 bits per heavy atom. The molecular weight excluding hydrogens is 240 g/mol. The number of carbonyl (C=O) groups excluding carboxylic acids is 1. The number of hydrogen-bond donors (Lipinski definition) is 2. The summed E-state index contributed by atoms with van der Waals surface area (Å²) in [5.74, 6) is 1.50. The molecule has 1 aliphatic carbocycles. The molecule has 2 amide bonds. The van der Waals surface area contributed by atoms with E-state index in [2.05, 4.69) is 10.6 Å². The van der Waals surface area contributed by atoms with Gasteiger partial charge in [-0.1, -0.05) is 17.7 Å². The summed E-state index contributed by atoms with van der Waals surface area (Å²) in [6, 6.07) is 5.80. The summed E-state index contributed by atoms with van der Waals surface area (Å²) in [6.07, 6.45) is 2.48. The fourth-order valence-corrected chi connectivity index (χ4v) is 2.08. The van der Waals surface area contributed by atoms with Crippen molar-refractivity contribution >= 4 is 6.03 Å². The third-order valence-corrected chi connectivity index (χ3v) is 3.45. The molecule has 0 heterocycles. The Hall–Kier alpha value is -1.71. The smallest absolute Gasteiger partial charge is 0.315 e. The van der Waals surface area contributed by atoms with Gasteiger partial charge in [-0.3, -0.25) is 0 Å². The second kappa shape index (κ2) is 5.95. The molecule has 2 N–H and O–H groups in total. The van der Waals surface area contributed by atoms with Crippen molar-refractivity contribution in [1.29, 1.82) is 0 Å². The molecule has 0 spiro atoms. The van der Waals surface area contributed by atoms with E-state index in [0.29, 0.717) is 5.92 Å². The van der Waals surface area contributed by atoms with Gasteiger partial charge in [-0.2, -0.15) is 0 Å². The Balaban J connectivity index is 1.95. The highest BCUT2D eigenvalue weighted by molar-refractivity contribution is 5.74. The van der Waals surface area contributed by atoms with E-state index in [0.717, 1.165) is 23.4 Å². The van der Waals surface area contributed by atoms with Gasteiger partial charge in [0.1, 0.15) is 5.75 Å². The maximum Gasteiger partial charge on any atom is 0.315 e. The van der Waals surface area contributed by atoms with E-state index in [1.807, 2.05) is 32.0 Å². The third kappa shape index (κ3) is 3.88. The molecule has 0 aromatic heterocycles. The lowest BCUT2D eigenvalue weighted by Crippen LogP contribution is -2.38. The molecule has 1 unspecified atom stereocenters. The van der Waals surface area contributed by atoms with Crippen molar-refractivity contribution < 1.29 is 9.53 Å². The van der Waals surface area contributed by atoms with Crippen LogP contribution in [-0.4, -0.2) is 19.7 Å². The molecule has 1 saturated carbocycles. The lowest BCUT2D eigenvalue weighted by atomic mass is 10.0. The van der Waals surface area contributed by atoms with Crippen molar-refractivity contribution in [2.75, 3.05) is 13.7 Å². The maximum absolute atomic E-state index is 11.8. The lowest BCUT2D eigenvalue weighted by molar-refractivity contribution is 0.237.